The molecule has 0 saturated carbocycles. The van der Waals surface area contributed by atoms with Gasteiger partial charge < -0.3 is 0 Å². The average Bonchev–Trinajstić information content (AvgIpc) is 3.16. The molecule has 2 aromatic rings. The number of benzene rings is 2. The van der Waals surface area contributed by atoms with Crippen molar-refractivity contribution in [1.82, 2.24) is 0 Å². The SMILES string of the molecule is CCCCCCCN1/C(=C/C(C#N)=c2ccc(=C(C#N)C#N)cc2)[Se]c2ccccc21. The first-order chi connectivity index (χ1) is 15.2. The second kappa shape index (κ2) is 11.2. The molecular weight excluding hydrogens is 447 g/mol. The number of anilines is 1. The summed E-state index contributed by atoms with van der Waals surface area (Å²) in [7, 11) is 0. The summed E-state index contributed by atoms with van der Waals surface area (Å²) in [6.07, 6.45) is 8.16. The van der Waals surface area contributed by atoms with Gasteiger partial charge in [-0.05, 0) is 0 Å². The van der Waals surface area contributed by atoms with Crippen LogP contribution >= 0.6 is 0 Å². The summed E-state index contributed by atoms with van der Waals surface area (Å²) in [6.45, 7) is 3.19. The first-order valence-corrected chi connectivity index (χ1v) is 12.2. The van der Waals surface area contributed by atoms with Crippen LogP contribution in [-0.2, 0) is 0 Å². The van der Waals surface area contributed by atoms with E-state index in [0.29, 0.717) is 10.8 Å². The molecular formula is C26H24N4Se. The van der Waals surface area contributed by atoms with Crippen molar-refractivity contribution in [3.8, 4) is 18.2 Å². The number of fused-ring (bicyclic) bond motifs is 1. The van der Waals surface area contributed by atoms with Crippen molar-refractivity contribution in [2.75, 3.05) is 11.4 Å². The summed E-state index contributed by atoms with van der Waals surface area (Å²) in [6, 6.07) is 21.7. The van der Waals surface area contributed by atoms with Crippen LogP contribution in [0.3, 0.4) is 0 Å². The van der Waals surface area contributed by atoms with Crippen molar-refractivity contribution in [3.05, 3.63) is 69.6 Å². The summed E-state index contributed by atoms with van der Waals surface area (Å²) in [5.74, 6) is 0. The molecule has 0 radical (unpaired) electrons. The van der Waals surface area contributed by atoms with E-state index in [1.54, 1.807) is 12.1 Å². The molecule has 0 fully saturated rings. The van der Waals surface area contributed by atoms with Crippen LogP contribution in [0.5, 0.6) is 0 Å². The molecule has 0 spiro atoms. The second-order valence-electron chi connectivity index (χ2n) is 7.32. The molecule has 1 aliphatic rings. The van der Waals surface area contributed by atoms with E-state index in [1.807, 2.05) is 30.3 Å². The molecule has 0 aromatic heterocycles. The number of unbranched alkanes of at least 4 members (excludes halogenated alkanes) is 4. The van der Waals surface area contributed by atoms with Gasteiger partial charge >= 0.3 is 190 Å². The third-order valence-electron chi connectivity index (χ3n) is 5.22. The van der Waals surface area contributed by atoms with Crippen molar-refractivity contribution in [2.45, 2.75) is 39.0 Å². The Bertz CT molecular complexity index is 1180. The number of hydrogen-bond acceptors (Lipinski definition) is 4. The number of rotatable bonds is 7. The number of nitrogens with zero attached hydrogens (tertiary/aromatic N) is 4. The van der Waals surface area contributed by atoms with Crippen LogP contribution < -0.4 is 19.8 Å². The van der Waals surface area contributed by atoms with Crippen LogP contribution in [0.1, 0.15) is 39.0 Å². The molecule has 3 rings (SSSR count). The van der Waals surface area contributed by atoms with Crippen LogP contribution in [0.2, 0.25) is 0 Å². The molecule has 0 saturated heterocycles. The Morgan fingerprint density at radius 2 is 1.55 bits per heavy atom. The number of para-hydroxylation sites is 1. The van der Waals surface area contributed by atoms with Crippen LogP contribution in [-0.4, -0.2) is 21.5 Å². The van der Waals surface area contributed by atoms with Gasteiger partial charge in [0.15, 0.2) is 0 Å². The molecule has 0 unspecified atom stereocenters. The summed E-state index contributed by atoms with van der Waals surface area (Å²) in [4.78, 5) is 2.38. The fourth-order valence-corrected chi connectivity index (χ4v) is 5.91. The first kappa shape index (κ1) is 22.4. The zero-order valence-corrected chi connectivity index (χ0v) is 19.3. The number of hydrogen-bond donors (Lipinski definition) is 0. The topological polar surface area (TPSA) is 74.6 Å². The zero-order chi connectivity index (χ0) is 22.1. The Labute approximate surface area is 190 Å². The van der Waals surface area contributed by atoms with Crippen molar-refractivity contribution in [3.63, 3.8) is 0 Å². The van der Waals surface area contributed by atoms with E-state index in [2.05, 4.69) is 42.2 Å². The quantitative estimate of drug-likeness (QED) is 0.459. The van der Waals surface area contributed by atoms with Gasteiger partial charge in [-0.15, -0.1) is 0 Å². The molecule has 31 heavy (non-hydrogen) atoms. The maximum atomic E-state index is 9.83. The van der Waals surface area contributed by atoms with Gasteiger partial charge in [0.2, 0.25) is 0 Å². The molecule has 154 valence electrons. The summed E-state index contributed by atoms with van der Waals surface area (Å²) in [5.41, 5.74) is 1.94. The standard InChI is InChI=1S/C26H24N4Se/c1-2-3-4-5-8-15-30-24-9-6-7-10-25(24)31-26(30)16-22(17-27)20-11-13-21(14-12-20)23(18-28)19-29/h6-7,9-14,16H,2-5,8,15H2,1H3/b26-16-. The molecule has 5 heteroatoms. The molecule has 0 N–H and O–H groups in total. The van der Waals surface area contributed by atoms with Crippen LogP contribution in [0, 0.1) is 34.0 Å². The molecule has 0 aliphatic carbocycles. The monoisotopic (exact) mass is 472 g/mol. The van der Waals surface area contributed by atoms with Gasteiger partial charge in [-0.2, -0.15) is 0 Å². The zero-order valence-electron chi connectivity index (χ0n) is 17.6. The van der Waals surface area contributed by atoms with E-state index in [9.17, 15) is 5.26 Å². The third-order valence-corrected chi connectivity index (χ3v) is 7.55. The van der Waals surface area contributed by atoms with E-state index >= 15 is 0 Å². The van der Waals surface area contributed by atoms with Crippen molar-refractivity contribution >= 4 is 36.3 Å². The maximum absolute atomic E-state index is 9.83. The molecule has 1 aliphatic heterocycles. The summed E-state index contributed by atoms with van der Waals surface area (Å²) in [5, 5.41) is 29.3. The third kappa shape index (κ3) is 5.45. The summed E-state index contributed by atoms with van der Waals surface area (Å²) < 4.78 is 2.55. The Balaban J connectivity index is 1.94. The minimum atomic E-state index is 0.0761. The molecule has 0 bridgehead atoms. The number of allylic oxidation sites excluding steroid dienone is 1. The normalized spacial score (nSPS) is 13.2. The van der Waals surface area contributed by atoms with Gasteiger partial charge in [0.25, 0.3) is 0 Å². The van der Waals surface area contributed by atoms with Crippen LogP contribution in [0.4, 0.5) is 5.69 Å². The van der Waals surface area contributed by atoms with Crippen molar-refractivity contribution < 1.29 is 0 Å². The minimum absolute atomic E-state index is 0.0761. The van der Waals surface area contributed by atoms with Gasteiger partial charge in [0, 0.05) is 0 Å². The van der Waals surface area contributed by atoms with Crippen LogP contribution in [0.25, 0.3) is 11.1 Å². The van der Waals surface area contributed by atoms with Gasteiger partial charge in [-0.3, -0.25) is 0 Å². The molecule has 0 amide bonds. The molecule has 4 nitrogen and oxygen atoms in total. The Morgan fingerprint density at radius 3 is 2.23 bits per heavy atom. The van der Waals surface area contributed by atoms with Gasteiger partial charge in [-0.1, -0.05) is 0 Å². The van der Waals surface area contributed by atoms with E-state index < -0.39 is 0 Å². The number of nitriles is 3. The van der Waals surface area contributed by atoms with Gasteiger partial charge in [0.05, 0.1) is 0 Å². The fourth-order valence-electron chi connectivity index (χ4n) is 3.54. The Kier molecular flexibility index (Phi) is 8.09. The predicted molar refractivity (Wildman–Crippen MR) is 125 cm³/mol. The Hall–Kier alpha value is -3.29. The summed E-state index contributed by atoms with van der Waals surface area (Å²) >= 11 is 0.157. The fraction of sp³-hybridized carbons (Fsp3) is 0.269. The van der Waals surface area contributed by atoms with E-state index in [-0.39, 0.29) is 20.5 Å². The van der Waals surface area contributed by atoms with Crippen molar-refractivity contribution in [2.24, 2.45) is 0 Å². The average molecular weight is 471 g/mol. The predicted octanol–water partition coefficient (Wildman–Crippen LogP) is 3.22. The van der Waals surface area contributed by atoms with Gasteiger partial charge in [0.1, 0.15) is 0 Å². The molecule has 2 aromatic carbocycles. The molecule has 1 heterocycles. The van der Waals surface area contributed by atoms with Crippen LogP contribution in [0.15, 0.2) is 59.2 Å². The molecule has 0 atom stereocenters. The van der Waals surface area contributed by atoms with Crippen molar-refractivity contribution in [1.29, 1.82) is 15.8 Å². The second-order valence-corrected chi connectivity index (χ2v) is 9.55. The van der Waals surface area contributed by atoms with E-state index in [1.165, 1.54) is 40.4 Å². The van der Waals surface area contributed by atoms with E-state index in [4.69, 9.17) is 10.5 Å². The van der Waals surface area contributed by atoms with E-state index in [0.717, 1.165) is 18.2 Å². The van der Waals surface area contributed by atoms with Gasteiger partial charge in [-0.25, -0.2) is 0 Å². The first-order valence-electron chi connectivity index (χ1n) is 10.5. The Morgan fingerprint density at radius 1 is 0.871 bits per heavy atom.